The summed E-state index contributed by atoms with van der Waals surface area (Å²) in [5, 5.41) is 7.19. The van der Waals surface area contributed by atoms with E-state index in [0.29, 0.717) is 22.5 Å². The number of aromatic amines is 1. The molecule has 2 heterocycles. The highest BCUT2D eigenvalue weighted by molar-refractivity contribution is 7.92. The van der Waals surface area contributed by atoms with Crippen molar-refractivity contribution < 1.29 is 26.7 Å². The first-order valence-corrected chi connectivity index (χ1v) is 10.2. The van der Waals surface area contributed by atoms with Crippen molar-refractivity contribution in [2.75, 3.05) is 24.3 Å². The van der Waals surface area contributed by atoms with Gasteiger partial charge in [0.2, 0.25) is 15.9 Å². The van der Waals surface area contributed by atoms with Crippen LogP contribution in [0.25, 0.3) is 11.0 Å². The summed E-state index contributed by atoms with van der Waals surface area (Å²) in [5.41, 5.74) is 0.360. The van der Waals surface area contributed by atoms with Crippen molar-refractivity contribution in [3.63, 3.8) is 0 Å². The number of fused-ring (bicyclic) bond motifs is 1. The Labute approximate surface area is 165 Å². The molecule has 0 bridgehead atoms. The number of alkyl halides is 1. The molecule has 2 N–H and O–H groups in total. The number of H-pyrrole nitrogens is 1. The molecule has 0 atom stereocenters. The van der Waals surface area contributed by atoms with Crippen molar-refractivity contribution in [2.45, 2.75) is 12.8 Å². The van der Waals surface area contributed by atoms with E-state index in [4.69, 9.17) is 4.74 Å². The van der Waals surface area contributed by atoms with Gasteiger partial charge in [-0.2, -0.15) is 0 Å². The van der Waals surface area contributed by atoms with Crippen LogP contribution in [-0.2, 0) is 16.4 Å². The van der Waals surface area contributed by atoms with Crippen LogP contribution in [0.5, 0.6) is 5.88 Å². The standard InChI is InChI=1S/C18H18F2N4O4S/c1-28-18-13-8-11(10-21-17(13)22-23-18)9-15(25)12-4-2-5-14(16(12)20)24-29(26,27)7-3-6-19/h2,4-5,8,10,24H,3,6-7,9H2,1H3,(H,21,22,23). The van der Waals surface area contributed by atoms with Gasteiger partial charge >= 0.3 is 0 Å². The third-order valence-electron chi connectivity index (χ3n) is 4.11. The van der Waals surface area contributed by atoms with Crippen LogP contribution in [0.2, 0.25) is 0 Å². The van der Waals surface area contributed by atoms with Gasteiger partial charge in [0.15, 0.2) is 17.2 Å². The van der Waals surface area contributed by atoms with Crippen molar-refractivity contribution in [3.05, 3.63) is 47.4 Å². The van der Waals surface area contributed by atoms with E-state index in [0.717, 1.165) is 0 Å². The Balaban J connectivity index is 1.83. The van der Waals surface area contributed by atoms with Crippen LogP contribution in [-0.4, -0.2) is 48.9 Å². The number of pyridine rings is 1. The van der Waals surface area contributed by atoms with Crippen molar-refractivity contribution >= 4 is 32.5 Å². The molecule has 154 valence electrons. The van der Waals surface area contributed by atoms with Crippen LogP contribution in [0.3, 0.4) is 0 Å². The summed E-state index contributed by atoms with van der Waals surface area (Å²) in [5.74, 6) is -1.72. The van der Waals surface area contributed by atoms with Gasteiger partial charge in [-0.3, -0.25) is 19.0 Å². The second-order valence-corrected chi connectivity index (χ2v) is 8.05. The van der Waals surface area contributed by atoms with Crippen LogP contribution in [0, 0.1) is 5.82 Å². The van der Waals surface area contributed by atoms with Gasteiger partial charge < -0.3 is 4.74 Å². The number of carbonyl (C=O) groups excluding carboxylic acids is 1. The number of benzene rings is 1. The number of hydrogen-bond acceptors (Lipinski definition) is 6. The van der Waals surface area contributed by atoms with Crippen molar-refractivity contribution in [3.8, 4) is 5.88 Å². The first-order valence-electron chi connectivity index (χ1n) is 8.60. The number of methoxy groups -OCH3 is 1. The topological polar surface area (TPSA) is 114 Å². The molecule has 0 spiro atoms. The molecule has 11 heteroatoms. The van der Waals surface area contributed by atoms with Gasteiger partial charge in [-0.25, -0.2) is 17.8 Å². The SMILES string of the molecule is COc1n[nH]c2ncc(CC(=O)c3cccc(NS(=O)(=O)CCCF)c3F)cc12. The highest BCUT2D eigenvalue weighted by Gasteiger charge is 2.19. The van der Waals surface area contributed by atoms with E-state index in [1.165, 1.54) is 31.5 Å². The molecule has 2 aromatic heterocycles. The number of rotatable bonds is 9. The average Bonchev–Trinajstić information content (AvgIpc) is 3.10. The van der Waals surface area contributed by atoms with Crippen LogP contribution >= 0.6 is 0 Å². The molecular weight excluding hydrogens is 406 g/mol. The number of Topliss-reactive ketones (excluding diaryl/α,β-unsaturated/α-hetero) is 1. The molecule has 29 heavy (non-hydrogen) atoms. The Bertz CT molecular complexity index is 1150. The lowest BCUT2D eigenvalue weighted by Crippen LogP contribution is -2.19. The molecule has 0 aliphatic carbocycles. The predicted molar refractivity (Wildman–Crippen MR) is 103 cm³/mol. The monoisotopic (exact) mass is 424 g/mol. The lowest BCUT2D eigenvalue weighted by molar-refractivity contribution is 0.0989. The Kier molecular flexibility index (Phi) is 6.06. The minimum atomic E-state index is -3.92. The number of hydrogen-bond donors (Lipinski definition) is 2. The number of anilines is 1. The van der Waals surface area contributed by atoms with E-state index >= 15 is 0 Å². The molecule has 0 saturated carbocycles. The molecule has 0 aliphatic rings. The number of ether oxygens (including phenoxy) is 1. The minimum absolute atomic E-state index is 0.160. The van der Waals surface area contributed by atoms with E-state index in [-0.39, 0.29) is 24.1 Å². The quantitative estimate of drug-likeness (QED) is 0.511. The predicted octanol–water partition coefficient (Wildman–Crippen LogP) is 2.63. The Morgan fingerprint density at radius 3 is 2.86 bits per heavy atom. The number of halogens is 2. The van der Waals surface area contributed by atoms with E-state index in [1.54, 1.807) is 6.07 Å². The molecule has 0 fully saturated rings. The van der Waals surface area contributed by atoms with E-state index in [2.05, 4.69) is 19.9 Å². The fourth-order valence-corrected chi connectivity index (χ4v) is 3.83. The van der Waals surface area contributed by atoms with E-state index in [1.807, 2.05) is 0 Å². The Morgan fingerprint density at radius 1 is 1.34 bits per heavy atom. The summed E-state index contributed by atoms with van der Waals surface area (Å²) in [4.78, 5) is 16.8. The molecule has 0 amide bonds. The van der Waals surface area contributed by atoms with Crippen molar-refractivity contribution in [2.24, 2.45) is 0 Å². The summed E-state index contributed by atoms with van der Waals surface area (Å²) in [7, 11) is -2.47. The zero-order valence-electron chi connectivity index (χ0n) is 15.4. The fraction of sp³-hybridized carbons (Fsp3) is 0.278. The van der Waals surface area contributed by atoms with Gasteiger partial charge in [0.05, 0.1) is 36.2 Å². The fourth-order valence-electron chi connectivity index (χ4n) is 2.75. The first kappa shape index (κ1) is 20.6. The second kappa shape index (κ2) is 8.52. The Hall–Kier alpha value is -3.08. The van der Waals surface area contributed by atoms with Gasteiger partial charge in [0.1, 0.15) is 0 Å². The summed E-state index contributed by atoms with van der Waals surface area (Å²) in [6.07, 6.45) is 1.09. The van der Waals surface area contributed by atoms with E-state index < -0.39 is 34.1 Å². The van der Waals surface area contributed by atoms with Crippen LogP contribution < -0.4 is 9.46 Å². The maximum absolute atomic E-state index is 14.7. The Morgan fingerprint density at radius 2 is 2.14 bits per heavy atom. The summed E-state index contributed by atoms with van der Waals surface area (Å²) < 4.78 is 57.9. The van der Waals surface area contributed by atoms with Crippen LogP contribution in [0.4, 0.5) is 14.5 Å². The number of carbonyl (C=O) groups is 1. The van der Waals surface area contributed by atoms with Gasteiger partial charge in [-0.1, -0.05) is 6.07 Å². The number of sulfonamides is 1. The third kappa shape index (κ3) is 4.67. The summed E-state index contributed by atoms with van der Waals surface area (Å²) >= 11 is 0. The van der Waals surface area contributed by atoms with Crippen LogP contribution in [0.15, 0.2) is 30.5 Å². The number of aromatic nitrogens is 3. The van der Waals surface area contributed by atoms with Crippen LogP contribution in [0.1, 0.15) is 22.3 Å². The highest BCUT2D eigenvalue weighted by atomic mass is 32.2. The second-order valence-electron chi connectivity index (χ2n) is 6.20. The molecule has 1 aromatic carbocycles. The summed E-state index contributed by atoms with van der Waals surface area (Å²) in [6.45, 7) is -0.804. The van der Waals surface area contributed by atoms with Gasteiger partial charge in [0.25, 0.3) is 0 Å². The zero-order valence-corrected chi connectivity index (χ0v) is 16.2. The lowest BCUT2D eigenvalue weighted by atomic mass is 10.0. The maximum atomic E-state index is 14.7. The molecule has 8 nitrogen and oxygen atoms in total. The number of ketones is 1. The first-order chi connectivity index (χ1) is 13.8. The van der Waals surface area contributed by atoms with Gasteiger partial charge in [-0.15, -0.1) is 5.10 Å². The number of nitrogens with zero attached hydrogens (tertiary/aromatic N) is 2. The largest absolute Gasteiger partial charge is 0.479 e. The van der Waals surface area contributed by atoms with Crippen molar-refractivity contribution in [1.29, 1.82) is 0 Å². The zero-order chi connectivity index (χ0) is 21.0. The molecule has 0 radical (unpaired) electrons. The lowest BCUT2D eigenvalue weighted by Gasteiger charge is -2.11. The van der Waals surface area contributed by atoms with E-state index in [9.17, 15) is 22.0 Å². The molecule has 0 unspecified atom stereocenters. The summed E-state index contributed by atoms with van der Waals surface area (Å²) in [6, 6.07) is 5.48. The third-order valence-corrected chi connectivity index (χ3v) is 5.46. The molecule has 3 rings (SSSR count). The van der Waals surface area contributed by atoms with Gasteiger partial charge in [-0.05, 0) is 30.2 Å². The number of nitrogens with one attached hydrogen (secondary N) is 2. The minimum Gasteiger partial charge on any atom is -0.479 e. The average molecular weight is 424 g/mol. The van der Waals surface area contributed by atoms with Gasteiger partial charge in [0, 0.05) is 12.6 Å². The van der Waals surface area contributed by atoms with Crippen molar-refractivity contribution in [1.82, 2.24) is 15.2 Å². The molecular formula is C18H18F2N4O4S. The molecule has 0 aliphatic heterocycles. The smallest absolute Gasteiger partial charge is 0.241 e. The maximum Gasteiger partial charge on any atom is 0.241 e. The normalized spacial score (nSPS) is 11.6. The molecule has 3 aromatic rings. The highest BCUT2D eigenvalue weighted by Crippen LogP contribution is 2.24. The molecule has 0 saturated heterocycles.